The minimum atomic E-state index is -0.369. The summed E-state index contributed by atoms with van der Waals surface area (Å²) in [5, 5.41) is 3.91. The van der Waals surface area contributed by atoms with E-state index in [1.165, 1.54) is 6.21 Å². The predicted octanol–water partition coefficient (Wildman–Crippen LogP) is 3.76. The van der Waals surface area contributed by atoms with E-state index < -0.39 is 0 Å². The number of nitrogens with one attached hydrogen (secondary N) is 1. The Labute approximate surface area is 162 Å². The van der Waals surface area contributed by atoms with Crippen LogP contribution in [0, 0.1) is 0 Å². The molecule has 132 valence electrons. The molecular weight excluding hydrogens is 456 g/mol. The lowest BCUT2D eigenvalue weighted by molar-refractivity contribution is -0.123. The summed E-state index contributed by atoms with van der Waals surface area (Å²) < 4.78 is 17.4. The summed E-state index contributed by atoms with van der Waals surface area (Å²) in [6, 6.07) is 10.8. The Kier molecular flexibility index (Phi) is 7.27. The predicted molar refractivity (Wildman–Crippen MR) is 103 cm³/mol. The van der Waals surface area contributed by atoms with E-state index in [0.717, 1.165) is 14.5 Å². The number of ether oxygens (including phenoxy) is 3. The molecule has 0 heterocycles. The second kappa shape index (κ2) is 9.43. The maximum atomic E-state index is 11.8. The van der Waals surface area contributed by atoms with Gasteiger partial charge in [0.15, 0.2) is 18.1 Å². The molecule has 0 atom stereocenters. The number of amides is 1. The van der Waals surface area contributed by atoms with Gasteiger partial charge in [-0.05, 0) is 61.7 Å². The Hall–Kier alpha value is -2.06. The maximum Gasteiger partial charge on any atom is 0.277 e. The molecule has 2 rings (SSSR count). The number of nitrogens with zero attached hydrogens (tertiary/aromatic N) is 1. The van der Waals surface area contributed by atoms with Crippen molar-refractivity contribution < 1.29 is 19.0 Å². The molecule has 0 radical (unpaired) electrons. The summed E-state index contributed by atoms with van der Waals surface area (Å²) >= 11 is 6.75. The van der Waals surface area contributed by atoms with Crippen LogP contribution in [0.1, 0.15) is 5.56 Å². The first-order valence-electron chi connectivity index (χ1n) is 7.16. The van der Waals surface area contributed by atoms with Gasteiger partial charge in [-0.1, -0.05) is 12.1 Å². The zero-order valence-corrected chi connectivity index (χ0v) is 16.8. The number of carbonyl (C=O) groups excluding carboxylic acids is 1. The molecule has 2 aromatic carbocycles. The van der Waals surface area contributed by atoms with Crippen molar-refractivity contribution in [3.05, 3.63) is 50.9 Å². The monoisotopic (exact) mass is 470 g/mol. The average molecular weight is 472 g/mol. The summed E-state index contributed by atoms with van der Waals surface area (Å²) in [5.74, 6) is 1.37. The number of hydrazone groups is 1. The van der Waals surface area contributed by atoms with E-state index in [4.69, 9.17) is 14.2 Å². The van der Waals surface area contributed by atoms with Crippen LogP contribution in [0.2, 0.25) is 0 Å². The topological polar surface area (TPSA) is 69.2 Å². The summed E-state index contributed by atoms with van der Waals surface area (Å²) in [5.41, 5.74) is 3.14. The highest BCUT2D eigenvalue weighted by Gasteiger charge is 2.09. The molecule has 2 aromatic rings. The molecule has 25 heavy (non-hydrogen) atoms. The molecule has 0 aliphatic rings. The zero-order valence-electron chi connectivity index (χ0n) is 13.6. The largest absolute Gasteiger partial charge is 0.493 e. The van der Waals surface area contributed by atoms with Crippen molar-refractivity contribution in [1.82, 2.24) is 5.43 Å². The molecule has 6 nitrogen and oxygen atoms in total. The van der Waals surface area contributed by atoms with Gasteiger partial charge in [0.1, 0.15) is 5.75 Å². The van der Waals surface area contributed by atoms with Crippen LogP contribution in [0.5, 0.6) is 17.2 Å². The number of para-hydroxylation sites is 1. The first kappa shape index (κ1) is 19.3. The van der Waals surface area contributed by atoms with Gasteiger partial charge in [0, 0.05) is 0 Å². The summed E-state index contributed by atoms with van der Waals surface area (Å²) in [6.07, 6.45) is 1.50. The van der Waals surface area contributed by atoms with Crippen molar-refractivity contribution in [2.75, 3.05) is 20.8 Å². The molecule has 0 saturated heterocycles. The lowest BCUT2D eigenvalue weighted by Gasteiger charge is -2.10. The van der Waals surface area contributed by atoms with Crippen LogP contribution in [-0.4, -0.2) is 32.9 Å². The van der Waals surface area contributed by atoms with Gasteiger partial charge < -0.3 is 14.2 Å². The molecule has 0 bridgehead atoms. The van der Waals surface area contributed by atoms with Crippen LogP contribution in [0.4, 0.5) is 0 Å². The fourth-order valence-electron chi connectivity index (χ4n) is 1.93. The Bertz CT molecular complexity index is 781. The van der Waals surface area contributed by atoms with Crippen molar-refractivity contribution in [3.63, 3.8) is 0 Å². The van der Waals surface area contributed by atoms with Crippen LogP contribution in [0.15, 0.2) is 50.4 Å². The quantitative estimate of drug-likeness (QED) is 0.493. The number of rotatable bonds is 7. The number of methoxy groups -OCH3 is 2. The van der Waals surface area contributed by atoms with E-state index >= 15 is 0 Å². The fourth-order valence-corrected chi connectivity index (χ4v) is 2.95. The van der Waals surface area contributed by atoms with Crippen LogP contribution in [0.25, 0.3) is 0 Å². The van der Waals surface area contributed by atoms with Crippen LogP contribution < -0.4 is 19.6 Å². The van der Waals surface area contributed by atoms with Gasteiger partial charge in [-0.15, -0.1) is 0 Å². The normalized spacial score (nSPS) is 10.6. The SMILES string of the molecule is COc1cc(C=NNC(=O)COc2ccccc2Br)cc(Br)c1OC. The van der Waals surface area contributed by atoms with Crippen molar-refractivity contribution >= 4 is 44.0 Å². The van der Waals surface area contributed by atoms with Crippen LogP contribution in [0.3, 0.4) is 0 Å². The number of hydrogen-bond donors (Lipinski definition) is 1. The zero-order chi connectivity index (χ0) is 18.2. The average Bonchev–Trinajstić information content (AvgIpc) is 2.60. The van der Waals surface area contributed by atoms with Crippen LogP contribution >= 0.6 is 31.9 Å². The van der Waals surface area contributed by atoms with Crippen molar-refractivity contribution in [1.29, 1.82) is 0 Å². The summed E-state index contributed by atoms with van der Waals surface area (Å²) in [6.45, 7) is -0.143. The van der Waals surface area contributed by atoms with Crippen molar-refractivity contribution in [2.24, 2.45) is 5.10 Å². The highest BCUT2D eigenvalue weighted by atomic mass is 79.9. The number of benzene rings is 2. The molecule has 0 unspecified atom stereocenters. The first-order chi connectivity index (χ1) is 12.0. The van der Waals surface area contributed by atoms with Crippen LogP contribution in [-0.2, 0) is 4.79 Å². The van der Waals surface area contributed by atoms with E-state index in [0.29, 0.717) is 17.2 Å². The minimum absolute atomic E-state index is 0.143. The van der Waals surface area contributed by atoms with E-state index in [9.17, 15) is 4.79 Å². The lowest BCUT2D eigenvalue weighted by Crippen LogP contribution is -2.24. The molecule has 1 amide bonds. The third kappa shape index (κ3) is 5.47. The smallest absolute Gasteiger partial charge is 0.277 e. The Balaban J connectivity index is 1.93. The molecule has 0 aromatic heterocycles. The molecule has 0 spiro atoms. The van der Waals surface area contributed by atoms with E-state index in [1.54, 1.807) is 32.4 Å². The molecule has 0 saturated carbocycles. The Morgan fingerprint density at radius 3 is 2.56 bits per heavy atom. The van der Waals surface area contributed by atoms with Gasteiger partial charge in [-0.2, -0.15) is 5.10 Å². The minimum Gasteiger partial charge on any atom is -0.493 e. The van der Waals surface area contributed by atoms with Gasteiger partial charge in [-0.25, -0.2) is 5.43 Å². The summed E-state index contributed by atoms with van der Waals surface area (Å²) in [7, 11) is 3.10. The number of carbonyl (C=O) groups is 1. The lowest BCUT2D eigenvalue weighted by atomic mass is 10.2. The molecule has 0 aliphatic heterocycles. The Morgan fingerprint density at radius 1 is 1.12 bits per heavy atom. The second-order valence-electron chi connectivity index (χ2n) is 4.75. The van der Waals surface area contributed by atoms with E-state index in [2.05, 4.69) is 42.4 Å². The highest BCUT2D eigenvalue weighted by molar-refractivity contribution is 9.10. The van der Waals surface area contributed by atoms with Gasteiger partial charge in [0.05, 0.1) is 29.4 Å². The van der Waals surface area contributed by atoms with Gasteiger partial charge >= 0.3 is 0 Å². The number of hydrogen-bond acceptors (Lipinski definition) is 5. The van der Waals surface area contributed by atoms with Gasteiger partial charge in [0.2, 0.25) is 0 Å². The maximum absolute atomic E-state index is 11.8. The van der Waals surface area contributed by atoms with Crippen molar-refractivity contribution in [2.45, 2.75) is 0 Å². The van der Waals surface area contributed by atoms with Gasteiger partial charge in [0.25, 0.3) is 5.91 Å². The second-order valence-corrected chi connectivity index (χ2v) is 6.46. The first-order valence-corrected chi connectivity index (χ1v) is 8.74. The fraction of sp³-hybridized carbons (Fsp3) is 0.176. The molecule has 1 N–H and O–H groups in total. The van der Waals surface area contributed by atoms with E-state index in [1.807, 2.05) is 18.2 Å². The Morgan fingerprint density at radius 2 is 1.88 bits per heavy atom. The third-order valence-electron chi connectivity index (χ3n) is 3.05. The molecule has 0 aliphatic carbocycles. The molecule has 8 heteroatoms. The standard InChI is InChI=1S/C17H16Br2N2O4/c1-23-15-8-11(7-13(19)17(15)24-2)9-20-21-16(22)10-25-14-6-4-3-5-12(14)18/h3-9H,10H2,1-2H3,(H,21,22). The molecule has 0 fully saturated rings. The van der Waals surface area contributed by atoms with Crippen molar-refractivity contribution in [3.8, 4) is 17.2 Å². The van der Waals surface area contributed by atoms with E-state index in [-0.39, 0.29) is 12.5 Å². The van der Waals surface area contributed by atoms with Gasteiger partial charge in [-0.3, -0.25) is 4.79 Å². The number of halogens is 2. The summed E-state index contributed by atoms with van der Waals surface area (Å²) in [4.78, 5) is 11.8. The third-order valence-corrected chi connectivity index (χ3v) is 4.30. The molecular formula is C17H16Br2N2O4. The highest BCUT2D eigenvalue weighted by Crippen LogP contribution is 2.35.